The van der Waals surface area contributed by atoms with E-state index in [1.165, 1.54) is 11.3 Å². The van der Waals surface area contributed by atoms with Crippen molar-refractivity contribution in [1.29, 1.82) is 0 Å². The first-order valence-corrected chi connectivity index (χ1v) is 8.38. The zero-order chi connectivity index (χ0) is 15.9. The van der Waals surface area contributed by atoms with Crippen LogP contribution in [0.4, 0.5) is 4.79 Å². The number of amides is 2. The Hall–Kier alpha value is -1.90. The highest BCUT2D eigenvalue weighted by Gasteiger charge is 2.28. The molecule has 8 heteroatoms. The van der Waals surface area contributed by atoms with Gasteiger partial charge in [-0.15, -0.1) is 11.3 Å². The summed E-state index contributed by atoms with van der Waals surface area (Å²) < 4.78 is 16.5. The smallest absolute Gasteiger partial charge is 0.315 e. The van der Waals surface area contributed by atoms with Gasteiger partial charge in [0, 0.05) is 12.0 Å². The van der Waals surface area contributed by atoms with Crippen LogP contribution < -0.4 is 10.6 Å². The highest BCUT2D eigenvalue weighted by atomic mass is 32.1. The summed E-state index contributed by atoms with van der Waals surface area (Å²) in [7, 11) is 0. The number of aromatic nitrogens is 1. The summed E-state index contributed by atoms with van der Waals surface area (Å²) in [5.74, 6) is 0.705. The Morgan fingerprint density at radius 3 is 3.26 bits per heavy atom. The second-order valence-corrected chi connectivity index (χ2v) is 5.92. The van der Waals surface area contributed by atoms with Gasteiger partial charge in [0.05, 0.1) is 49.4 Å². The molecule has 2 aromatic heterocycles. The van der Waals surface area contributed by atoms with Crippen molar-refractivity contribution in [3.8, 4) is 0 Å². The molecular formula is C15H19N3O4S. The zero-order valence-corrected chi connectivity index (χ0v) is 13.4. The fourth-order valence-corrected chi connectivity index (χ4v) is 2.90. The van der Waals surface area contributed by atoms with E-state index >= 15 is 0 Å². The molecule has 1 aliphatic heterocycles. The predicted octanol–water partition coefficient (Wildman–Crippen LogP) is 1.91. The van der Waals surface area contributed by atoms with Gasteiger partial charge in [0.2, 0.25) is 0 Å². The number of nitrogens with one attached hydrogen (secondary N) is 2. The van der Waals surface area contributed by atoms with Crippen LogP contribution in [0.5, 0.6) is 0 Å². The van der Waals surface area contributed by atoms with Crippen molar-refractivity contribution in [1.82, 2.24) is 15.6 Å². The molecule has 124 valence electrons. The third-order valence-corrected chi connectivity index (χ3v) is 4.18. The second kappa shape index (κ2) is 8.09. The maximum atomic E-state index is 12.0. The molecule has 23 heavy (non-hydrogen) atoms. The van der Waals surface area contributed by atoms with E-state index in [4.69, 9.17) is 13.9 Å². The van der Waals surface area contributed by atoms with E-state index in [1.54, 1.807) is 17.8 Å². The number of hydrogen-bond donors (Lipinski definition) is 2. The molecule has 1 aliphatic rings. The first-order chi connectivity index (χ1) is 11.3. The van der Waals surface area contributed by atoms with Crippen molar-refractivity contribution in [3.63, 3.8) is 0 Å². The van der Waals surface area contributed by atoms with Crippen LogP contribution in [0.2, 0.25) is 0 Å². The van der Waals surface area contributed by atoms with Crippen LogP contribution in [-0.4, -0.2) is 36.4 Å². The summed E-state index contributed by atoms with van der Waals surface area (Å²) >= 11 is 1.54. The molecule has 0 unspecified atom stereocenters. The van der Waals surface area contributed by atoms with E-state index in [9.17, 15) is 4.79 Å². The SMILES string of the molecule is O=C(NCc1ccco1)N[C@@H]1COCC[C@@H]1OCc1cscn1. The molecule has 3 heterocycles. The van der Waals surface area contributed by atoms with E-state index in [-0.39, 0.29) is 18.2 Å². The summed E-state index contributed by atoms with van der Waals surface area (Å²) in [4.78, 5) is 16.2. The Balaban J connectivity index is 1.46. The average Bonchev–Trinajstić information content (AvgIpc) is 3.26. The molecule has 0 aromatic carbocycles. The van der Waals surface area contributed by atoms with Crippen LogP contribution in [0.15, 0.2) is 33.7 Å². The lowest BCUT2D eigenvalue weighted by atomic mass is 10.1. The van der Waals surface area contributed by atoms with Crippen molar-refractivity contribution in [2.75, 3.05) is 13.2 Å². The average molecular weight is 337 g/mol. The molecule has 3 rings (SSSR count). The van der Waals surface area contributed by atoms with Gasteiger partial charge in [-0.3, -0.25) is 0 Å². The van der Waals surface area contributed by atoms with Gasteiger partial charge in [-0.2, -0.15) is 0 Å². The largest absolute Gasteiger partial charge is 0.467 e. The van der Waals surface area contributed by atoms with Crippen LogP contribution in [-0.2, 0) is 22.6 Å². The standard InChI is InChI=1S/C15H19N3O4S/c19-15(16-6-12-2-1-4-21-12)18-13-8-20-5-3-14(13)22-7-11-9-23-10-17-11/h1-2,4,9-10,13-14H,3,5-8H2,(H2,16,18,19)/t13-,14+/m1/s1. The number of ether oxygens (including phenoxy) is 2. The number of hydrogen-bond acceptors (Lipinski definition) is 6. The van der Waals surface area contributed by atoms with E-state index in [2.05, 4.69) is 15.6 Å². The van der Waals surface area contributed by atoms with E-state index in [0.717, 1.165) is 12.1 Å². The maximum absolute atomic E-state index is 12.0. The number of thiazole rings is 1. The molecule has 1 saturated heterocycles. The summed E-state index contributed by atoms with van der Waals surface area (Å²) in [6.07, 6.45) is 2.24. The minimum Gasteiger partial charge on any atom is -0.467 e. The van der Waals surface area contributed by atoms with Gasteiger partial charge in [0.1, 0.15) is 5.76 Å². The third kappa shape index (κ3) is 4.78. The fraction of sp³-hybridized carbons (Fsp3) is 0.467. The molecule has 0 spiro atoms. The van der Waals surface area contributed by atoms with E-state index in [1.807, 2.05) is 11.4 Å². The van der Waals surface area contributed by atoms with Gasteiger partial charge in [0.25, 0.3) is 0 Å². The monoisotopic (exact) mass is 337 g/mol. The van der Waals surface area contributed by atoms with Crippen LogP contribution >= 0.6 is 11.3 Å². The number of nitrogens with zero attached hydrogens (tertiary/aromatic N) is 1. The van der Waals surface area contributed by atoms with E-state index in [0.29, 0.717) is 32.1 Å². The maximum Gasteiger partial charge on any atom is 0.315 e. The lowest BCUT2D eigenvalue weighted by Crippen LogP contribution is -2.53. The van der Waals surface area contributed by atoms with Gasteiger partial charge in [-0.25, -0.2) is 9.78 Å². The quantitative estimate of drug-likeness (QED) is 0.841. The first kappa shape index (κ1) is 16.0. The number of rotatable bonds is 6. The molecule has 2 amide bonds. The lowest BCUT2D eigenvalue weighted by molar-refractivity contribution is -0.0602. The molecule has 0 aliphatic carbocycles. The van der Waals surface area contributed by atoms with Gasteiger partial charge >= 0.3 is 6.03 Å². The van der Waals surface area contributed by atoms with Crippen LogP contribution in [0, 0.1) is 0 Å². The summed E-state index contributed by atoms with van der Waals surface area (Å²) in [6.45, 7) is 1.86. The molecule has 7 nitrogen and oxygen atoms in total. The van der Waals surface area contributed by atoms with Crippen molar-refractivity contribution in [2.24, 2.45) is 0 Å². The highest BCUT2D eigenvalue weighted by molar-refractivity contribution is 7.07. The summed E-state index contributed by atoms with van der Waals surface area (Å²) in [6, 6.07) is 3.15. The molecule has 2 aromatic rings. The molecule has 0 saturated carbocycles. The Morgan fingerprint density at radius 2 is 2.48 bits per heavy atom. The number of furan rings is 1. The fourth-order valence-electron chi connectivity index (χ4n) is 2.35. The Kier molecular flexibility index (Phi) is 5.62. The topological polar surface area (TPSA) is 85.6 Å². The van der Waals surface area contributed by atoms with Crippen LogP contribution in [0.1, 0.15) is 17.9 Å². The van der Waals surface area contributed by atoms with Crippen molar-refractivity contribution in [2.45, 2.75) is 31.7 Å². The molecular weight excluding hydrogens is 318 g/mol. The van der Waals surface area contributed by atoms with E-state index < -0.39 is 0 Å². The Labute approximate surface area is 138 Å². The summed E-state index contributed by atoms with van der Waals surface area (Å²) in [5, 5.41) is 7.62. The van der Waals surface area contributed by atoms with Crippen molar-refractivity contribution < 1.29 is 18.7 Å². The van der Waals surface area contributed by atoms with Gasteiger partial charge in [-0.05, 0) is 18.6 Å². The minimum atomic E-state index is -0.265. The number of carbonyl (C=O) groups is 1. The highest BCUT2D eigenvalue weighted by Crippen LogP contribution is 2.14. The van der Waals surface area contributed by atoms with Crippen molar-refractivity contribution in [3.05, 3.63) is 40.7 Å². The molecule has 0 bridgehead atoms. The lowest BCUT2D eigenvalue weighted by Gasteiger charge is -2.31. The van der Waals surface area contributed by atoms with Gasteiger partial charge in [-0.1, -0.05) is 0 Å². The summed E-state index contributed by atoms with van der Waals surface area (Å²) in [5.41, 5.74) is 2.68. The van der Waals surface area contributed by atoms with Gasteiger partial charge in [0.15, 0.2) is 0 Å². The molecule has 1 fully saturated rings. The van der Waals surface area contributed by atoms with Gasteiger partial charge < -0.3 is 24.5 Å². The zero-order valence-electron chi connectivity index (χ0n) is 12.6. The van der Waals surface area contributed by atoms with Crippen LogP contribution in [0.3, 0.4) is 0 Å². The molecule has 2 N–H and O–H groups in total. The predicted molar refractivity (Wildman–Crippen MR) is 84.0 cm³/mol. The molecule has 2 atom stereocenters. The van der Waals surface area contributed by atoms with Crippen LogP contribution in [0.25, 0.3) is 0 Å². The van der Waals surface area contributed by atoms with Crippen molar-refractivity contribution >= 4 is 17.4 Å². The second-order valence-electron chi connectivity index (χ2n) is 5.21. The first-order valence-electron chi connectivity index (χ1n) is 7.44. The number of urea groups is 1. The number of carbonyl (C=O) groups excluding carboxylic acids is 1. The third-order valence-electron chi connectivity index (χ3n) is 3.54. The minimum absolute atomic E-state index is 0.0835. The molecule has 0 radical (unpaired) electrons. The Bertz CT molecular complexity index is 588. The Morgan fingerprint density at radius 1 is 1.52 bits per heavy atom. The normalized spacial score (nSPS) is 21.0.